The maximum atomic E-state index is 11.2. The maximum absolute atomic E-state index is 11.2. The fraction of sp³-hybridized carbons (Fsp3) is 0.250. The van der Waals surface area contributed by atoms with Crippen LogP contribution in [0.3, 0.4) is 0 Å². The highest BCUT2D eigenvalue weighted by Gasteiger charge is 1.93. The molecular formula is C4H7F2N3. The summed E-state index contributed by atoms with van der Waals surface area (Å²) in [5, 5.41) is 8.07. The third kappa shape index (κ3) is 4.73. The van der Waals surface area contributed by atoms with Crippen molar-refractivity contribution in [3.63, 3.8) is 0 Å². The molecule has 52 valence electrons. The topological polar surface area (TPSA) is 61.9 Å². The maximum Gasteiger partial charge on any atom is 0.312 e. The van der Waals surface area contributed by atoms with Gasteiger partial charge in [-0.2, -0.15) is 8.78 Å². The molecule has 4 N–H and O–H groups in total. The van der Waals surface area contributed by atoms with Crippen LogP contribution in [0.4, 0.5) is 8.78 Å². The molecule has 3 nitrogen and oxygen atoms in total. The van der Waals surface area contributed by atoms with Crippen molar-refractivity contribution in [3.05, 3.63) is 11.9 Å². The van der Waals surface area contributed by atoms with Crippen molar-refractivity contribution < 1.29 is 8.78 Å². The van der Waals surface area contributed by atoms with E-state index < -0.39 is 6.55 Å². The second kappa shape index (κ2) is 3.82. The lowest BCUT2D eigenvalue weighted by molar-refractivity contribution is 0.125. The summed E-state index contributed by atoms with van der Waals surface area (Å²) in [5.41, 5.74) is 4.91. The summed E-state index contributed by atoms with van der Waals surface area (Å²) >= 11 is 0. The van der Waals surface area contributed by atoms with E-state index >= 15 is 0 Å². The van der Waals surface area contributed by atoms with E-state index in [-0.39, 0.29) is 5.70 Å². The molecule has 0 bridgehead atoms. The summed E-state index contributed by atoms with van der Waals surface area (Å²) < 4.78 is 22.5. The van der Waals surface area contributed by atoms with E-state index in [1.54, 1.807) is 5.32 Å². The molecule has 0 radical (unpaired) electrons. The third-order valence-corrected chi connectivity index (χ3v) is 0.543. The molecule has 9 heavy (non-hydrogen) atoms. The molecule has 0 spiro atoms. The Kier molecular flexibility index (Phi) is 3.34. The lowest BCUT2D eigenvalue weighted by Crippen LogP contribution is -2.15. The number of allylic oxidation sites excluding steroid dienone is 1. The van der Waals surface area contributed by atoms with Crippen LogP contribution in [0.5, 0.6) is 0 Å². The Morgan fingerprint density at radius 1 is 1.67 bits per heavy atom. The van der Waals surface area contributed by atoms with Crippen LogP contribution in [0.25, 0.3) is 0 Å². The molecule has 0 unspecified atom stereocenters. The minimum absolute atomic E-state index is 0.0321. The van der Waals surface area contributed by atoms with Gasteiger partial charge in [0.1, 0.15) is 0 Å². The lowest BCUT2D eigenvalue weighted by atomic mass is 10.5. The quantitative estimate of drug-likeness (QED) is 0.383. The van der Waals surface area contributed by atoms with Gasteiger partial charge in [-0.05, 0) is 0 Å². The first kappa shape index (κ1) is 7.87. The Hall–Kier alpha value is -1.13. The molecule has 0 fully saturated rings. The molecule has 0 saturated carbocycles. The van der Waals surface area contributed by atoms with Gasteiger partial charge < -0.3 is 16.5 Å². The number of nitrogens with one attached hydrogen (secondary N) is 2. The van der Waals surface area contributed by atoms with Crippen LogP contribution in [0.15, 0.2) is 11.9 Å². The Morgan fingerprint density at radius 2 is 2.22 bits per heavy atom. The van der Waals surface area contributed by atoms with Gasteiger partial charge in [-0.25, -0.2) is 0 Å². The van der Waals surface area contributed by atoms with Gasteiger partial charge in [-0.1, -0.05) is 0 Å². The SMILES string of the molecule is N=C/C(N)=C\NC(F)F. The zero-order chi connectivity index (χ0) is 7.28. The molecule has 0 aromatic carbocycles. The molecular weight excluding hydrogens is 128 g/mol. The molecule has 0 atom stereocenters. The van der Waals surface area contributed by atoms with Crippen molar-refractivity contribution in [1.29, 1.82) is 5.41 Å². The molecule has 0 aliphatic heterocycles. The largest absolute Gasteiger partial charge is 0.396 e. The average molecular weight is 135 g/mol. The van der Waals surface area contributed by atoms with Crippen LogP contribution < -0.4 is 11.1 Å². The van der Waals surface area contributed by atoms with Gasteiger partial charge >= 0.3 is 6.55 Å². The summed E-state index contributed by atoms with van der Waals surface area (Å²) in [7, 11) is 0. The standard InChI is InChI=1S/C4H7F2N3/c5-4(6)9-2-3(8)1-7/h1-2,4,7,9H,8H2/b3-2+,7-1?. The zero-order valence-corrected chi connectivity index (χ0v) is 4.57. The number of hydrogen-bond acceptors (Lipinski definition) is 3. The van der Waals surface area contributed by atoms with Crippen LogP contribution in [0.2, 0.25) is 0 Å². The predicted octanol–water partition coefficient (Wildman–Crippen LogP) is 0.248. The molecule has 0 saturated heterocycles. The second-order valence-corrected chi connectivity index (χ2v) is 1.26. The Bertz CT molecular complexity index is 121. The summed E-state index contributed by atoms with van der Waals surface area (Å²) in [5.74, 6) is 0. The van der Waals surface area contributed by atoms with E-state index in [0.29, 0.717) is 0 Å². The van der Waals surface area contributed by atoms with Gasteiger partial charge in [-0.3, -0.25) is 0 Å². The minimum Gasteiger partial charge on any atom is -0.396 e. The fourth-order valence-electron chi connectivity index (χ4n) is 0.201. The lowest BCUT2D eigenvalue weighted by Gasteiger charge is -1.95. The average Bonchev–Trinajstić information content (AvgIpc) is 1.83. The smallest absolute Gasteiger partial charge is 0.312 e. The van der Waals surface area contributed by atoms with E-state index in [9.17, 15) is 8.78 Å². The first-order chi connectivity index (χ1) is 4.16. The van der Waals surface area contributed by atoms with Gasteiger partial charge in [0.2, 0.25) is 0 Å². The molecule has 0 rings (SSSR count). The minimum atomic E-state index is -2.62. The summed E-state index contributed by atoms with van der Waals surface area (Å²) in [6.07, 6.45) is 1.65. The molecule has 5 heteroatoms. The van der Waals surface area contributed by atoms with Gasteiger partial charge in [0, 0.05) is 12.4 Å². The van der Waals surface area contributed by atoms with Gasteiger partial charge in [0.25, 0.3) is 0 Å². The Balaban J connectivity index is 3.56. The van der Waals surface area contributed by atoms with Crippen molar-refractivity contribution in [1.82, 2.24) is 5.32 Å². The number of halogens is 2. The van der Waals surface area contributed by atoms with Crippen LogP contribution in [-0.4, -0.2) is 12.8 Å². The van der Waals surface area contributed by atoms with Crippen LogP contribution >= 0.6 is 0 Å². The summed E-state index contributed by atoms with van der Waals surface area (Å²) in [6, 6.07) is 0. The normalized spacial score (nSPS) is 11.7. The number of alkyl halides is 2. The fourth-order valence-corrected chi connectivity index (χ4v) is 0.201. The van der Waals surface area contributed by atoms with Crippen LogP contribution in [0.1, 0.15) is 0 Å². The highest BCUT2D eigenvalue weighted by atomic mass is 19.3. The van der Waals surface area contributed by atoms with Crippen molar-refractivity contribution in [3.8, 4) is 0 Å². The van der Waals surface area contributed by atoms with Crippen molar-refractivity contribution in [2.24, 2.45) is 5.73 Å². The molecule has 0 aromatic rings. The third-order valence-electron chi connectivity index (χ3n) is 0.543. The molecule has 0 aliphatic carbocycles. The highest BCUT2D eigenvalue weighted by molar-refractivity contribution is 5.73. The monoisotopic (exact) mass is 135 g/mol. The van der Waals surface area contributed by atoms with E-state index in [1.807, 2.05) is 0 Å². The van der Waals surface area contributed by atoms with E-state index in [4.69, 9.17) is 11.1 Å². The molecule has 0 aromatic heterocycles. The first-order valence-corrected chi connectivity index (χ1v) is 2.17. The molecule has 0 aliphatic rings. The molecule has 0 heterocycles. The number of nitrogens with two attached hydrogens (primary N) is 1. The van der Waals surface area contributed by atoms with Crippen molar-refractivity contribution in [2.45, 2.75) is 6.55 Å². The zero-order valence-electron chi connectivity index (χ0n) is 4.57. The van der Waals surface area contributed by atoms with Crippen molar-refractivity contribution >= 4 is 6.21 Å². The van der Waals surface area contributed by atoms with Gasteiger partial charge in [0.05, 0.1) is 5.70 Å². The second-order valence-electron chi connectivity index (χ2n) is 1.26. The summed E-state index contributed by atoms with van der Waals surface area (Å²) in [6.45, 7) is -2.62. The van der Waals surface area contributed by atoms with Crippen molar-refractivity contribution in [2.75, 3.05) is 0 Å². The Labute approximate surface area is 51.1 Å². The van der Waals surface area contributed by atoms with Gasteiger partial charge in [0.15, 0.2) is 0 Å². The van der Waals surface area contributed by atoms with Crippen LogP contribution in [-0.2, 0) is 0 Å². The summed E-state index contributed by atoms with van der Waals surface area (Å²) in [4.78, 5) is 0. The number of hydrogen-bond donors (Lipinski definition) is 3. The van der Waals surface area contributed by atoms with E-state index in [0.717, 1.165) is 12.4 Å². The number of rotatable bonds is 3. The first-order valence-electron chi connectivity index (χ1n) is 2.17. The van der Waals surface area contributed by atoms with Gasteiger partial charge in [-0.15, -0.1) is 0 Å². The van der Waals surface area contributed by atoms with E-state index in [2.05, 4.69) is 0 Å². The Morgan fingerprint density at radius 3 is 2.56 bits per heavy atom. The van der Waals surface area contributed by atoms with E-state index in [1.165, 1.54) is 0 Å². The van der Waals surface area contributed by atoms with Crippen LogP contribution in [0, 0.1) is 5.41 Å². The predicted molar refractivity (Wildman–Crippen MR) is 30.2 cm³/mol. The highest BCUT2D eigenvalue weighted by Crippen LogP contribution is 1.84. The molecule has 0 amide bonds.